The lowest BCUT2D eigenvalue weighted by Gasteiger charge is -2.18. The SMILES string of the molecule is O=C(O)[C@H]1CCCc2c1[nH]c1ccccc21. The van der Waals surface area contributed by atoms with Crippen molar-refractivity contribution in [2.45, 2.75) is 25.2 Å². The van der Waals surface area contributed by atoms with Crippen LogP contribution in [0.25, 0.3) is 10.9 Å². The number of hydrogen-bond acceptors (Lipinski definition) is 1. The lowest BCUT2D eigenvalue weighted by molar-refractivity contribution is -0.139. The van der Waals surface area contributed by atoms with Crippen molar-refractivity contribution < 1.29 is 9.90 Å². The molecular formula is C13H13NO2. The fourth-order valence-electron chi connectivity index (χ4n) is 2.66. The van der Waals surface area contributed by atoms with Gasteiger partial charge in [0.05, 0.1) is 5.92 Å². The van der Waals surface area contributed by atoms with Crippen LogP contribution >= 0.6 is 0 Å². The molecule has 0 amide bonds. The maximum Gasteiger partial charge on any atom is 0.312 e. The van der Waals surface area contributed by atoms with Crippen molar-refractivity contribution in [3.05, 3.63) is 35.5 Å². The minimum atomic E-state index is -0.715. The number of benzene rings is 1. The van der Waals surface area contributed by atoms with Gasteiger partial charge in [-0.2, -0.15) is 0 Å². The molecular weight excluding hydrogens is 202 g/mol. The lowest BCUT2D eigenvalue weighted by atomic mass is 9.87. The smallest absolute Gasteiger partial charge is 0.312 e. The Hall–Kier alpha value is -1.77. The maximum atomic E-state index is 11.2. The Morgan fingerprint density at radius 1 is 1.38 bits per heavy atom. The van der Waals surface area contributed by atoms with Crippen LogP contribution in [0.2, 0.25) is 0 Å². The molecule has 0 aliphatic heterocycles. The third-order valence-electron chi connectivity index (χ3n) is 3.41. The summed E-state index contributed by atoms with van der Waals surface area (Å²) in [6, 6.07) is 8.04. The predicted molar refractivity (Wildman–Crippen MR) is 61.6 cm³/mol. The number of aromatic amines is 1. The molecule has 16 heavy (non-hydrogen) atoms. The molecule has 1 aliphatic carbocycles. The summed E-state index contributed by atoms with van der Waals surface area (Å²) in [7, 11) is 0. The second-order valence-corrected chi connectivity index (χ2v) is 4.35. The molecule has 2 aromatic rings. The van der Waals surface area contributed by atoms with Crippen LogP contribution in [-0.4, -0.2) is 16.1 Å². The van der Waals surface area contributed by atoms with E-state index in [4.69, 9.17) is 0 Å². The van der Waals surface area contributed by atoms with Gasteiger partial charge in [0.2, 0.25) is 0 Å². The topological polar surface area (TPSA) is 53.1 Å². The van der Waals surface area contributed by atoms with Gasteiger partial charge in [-0.3, -0.25) is 4.79 Å². The highest BCUT2D eigenvalue weighted by atomic mass is 16.4. The highest BCUT2D eigenvalue weighted by molar-refractivity contribution is 5.88. The van der Waals surface area contributed by atoms with Gasteiger partial charge in [0.1, 0.15) is 0 Å². The summed E-state index contributed by atoms with van der Waals surface area (Å²) in [6.45, 7) is 0. The third-order valence-corrected chi connectivity index (χ3v) is 3.41. The first-order chi connectivity index (χ1) is 7.77. The quantitative estimate of drug-likeness (QED) is 0.768. The monoisotopic (exact) mass is 215 g/mol. The first kappa shape index (κ1) is 9.46. The van der Waals surface area contributed by atoms with Gasteiger partial charge in [-0.15, -0.1) is 0 Å². The van der Waals surface area contributed by atoms with E-state index < -0.39 is 5.97 Å². The highest BCUT2D eigenvalue weighted by Gasteiger charge is 2.28. The molecule has 1 aromatic heterocycles. The first-order valence-corrected chi connectivity index (χ1v) is 5.59. The molecule has 3 heteroatoms. The Morgan fingerprint density at radius 2 is 2.19 bits per heavy atom. The van der Waals surface area contributed by atoms with Crippen molar-refractivity contribution in [1.29, 1.82) is 0 Å². The van der Waals surface area contributed by atoms with Gasteiger partial charge in [-0.05, 0) is 30.9 Å². The number of hydrogen-bond donors (Lipinski definition) is 2. The van der Waals surface area contributed by atoms with Gasteiger partial charge in [0.15, 0.2) is 0 Å². The van der Waals surface area contributed by atoms with Gasteiger partial charge in [0.25, 0.3) is 0 Å². The number of carbonyl (C=O) groups is 1. The zero-order chi connectivity index (χ0) is 11.1. The summed E-state index contributed by atoms with van der Waals surface area (Å²) in [5.74, 6) is -1.07. The number of fused-ring (bicyclic) bond motifs is 3. The van der Waals surface area contributed by atoms with E-state index in [9.17, 15) is 9.90 Å². The summed E-state index contributed by atoms with van der Waals surface area (Å²) >= 11 is 0. The molecule has 0 fully saturated rings. The molecule has 0 radical (unpaired) electrons. The second-order valence-electron chi connectivity index (χ2n) is 4.35. The molecule has 0 saturated carbocycles. The van der Waals surface area contributed by atoms with Crippen molar-refractivity contribution in [2.75, 3.05) is 0 Å². The Bertz CT molecular complexity index is 556. The molecule has 3 nitrogen and oxygen atoms in total. The number of nitrogens with one attached hydrogen (secondary N) is 1. The summed E-state index contributed by atoms with van der Waals surface area (Å²) in [5.41, 5.74) is 3.18. The van der Waals surface area contributed by atoms with Crippen LogP contribution in [-0.2, 0) is 11.2 Å². The average Bonchev–Trinajstić information content (AvgIpc) is 2.67. The van der Waals surface area contributed by atoms with E-state index in [-0.39, 0.29) is 5.92 Å². The van der Waals surface area contributed by atoms with Crippen LogP contribution < -0.4 is 0 Å². The Balaban J connectivity index is 2.25. The molecule has 82 valence electrons. The zero-order valence-electron chi connectivity index (χ0n) is 8.86. The summed E-state index contributed by atoms with van der Waals surface area (Å²) in [5, 5.41) is 10.4. The third kappa shape index (κ3) is 1.24. The van der Waals surface area contributed by atoms with E-state index in [1.54, 1.807) is 0 Å². The number of carboxylic acids is 1. The number of aliphatic carboxylic acids is 1. The van der Waals surface area contributed by atoms with Crippen LogP contribution in [0, 0.1) is 0 Å². The summed E-state index contributed by atoms with van der Waals surface area (Å²) in [6.07, 6.45) is 2.70. The van der Waals surface area contributed by atoms with Crippen molar-refractivity contribution in [2.24, 2.45) is 0 Å². The van der Waals surface area contributed by atoms with Crippen LogP contribution in [0.3, 0.4) is 0 Å². The van der Waals surface area contributed by atoms with Gasteiger partial charge in [-0.25, -0.2) is 0 Å². The maximum absolute atomic E-state index is 11.2. The molecule has 1 aromatic carbocycles. The van der Waals surface area contributed by atoms with Crippen LogP contribution in [0.5, 0.6) is 0 Å². The molecule has 0 saturated heterocycles. The molecule has 0 bridgehead atoms. The molecule has 1 heterocycles. The van der Waals surface area contributed by atoms with E-state index >= 15 is 0 Å². The number of para-hydroxylation sites is 1. The Kier molecular flexibility index (Phi) is 1.99. The number of H-pyrrole nitrogens is 1. The molecule has 1 atom stereocenters. The lowest BCUT2D eigenvalue weighted by Crippen LogP contribution is -2.17. The molecule has 1 aliphatic rings. The first-order valence-electron chi connectivity index (χ1n) is 5.59. The van der Waals surface area contributed by atoms with Crippen LogP contribution in [0.1, 0.15) is 30.0 Å². The van der Waals surface area contributed by atoms with Crippen molar-refractivity contribution in [3.8, 4) is 0 Å². The van der Waals surface area contributed by atoms with E-state index in [0.29, 0.717) is 0 Å². The Labute approximate surface area is 93.1 Å². The summed E-state index contributed by atoms with van der Waals surface area (Å²) in [4.78, 5) is 14.4. The number of carboxylic acid groups (broad SMARTS) is 1. The number of aryl methyl sites for hydroxylation is 1. The normalized spacial score (nSPS) is 19.6. The molecule has 0 unspecified atom stereocenters. The number of aromatic nitrogens is 1. The van der Waals surface area contributed by atoms with Gasteiger partial charge < -0.3 is 10.1 Å². The molecule has 3 rings (SSSR count). The number of rotatable bonds is 1. The fourth-order valence-corrected chi connectivity index (χ4v) is 2.66. The zero-order valence-corrected chi connectivity index (χ0v) is 8.86. The van der Waals surface area contributed by atoms with Crippen LogP contribution in [0.15, 0.2) is 24.3 Å². The minimum absolute atomic E-state index is 0.351. The fraction of sp³-hybridized carbons (Fsp3) is 0.308. The van der Waals surface area contributed by atoms with E-state index in [1.165, 1.54) is 10.9 Å². The minimum Gasteiger partial charge on any atom is -0.481 e. The second kappa shape index (κ2) is 3.37. The predicted octanol–water partition coefficient (Wildman–Crippen LogP) is 2.67. The van der Waals surface area contributed by atoms with Gasteiger partial charge in [-0.1, -0.05) is 18.2 Å². The van der Waals surface area contributed by atoms with E-state index in [1.807, 2.05) is 18.2 Å². The van der Waals surface area contributed by atoms with Gasteiger partial charge in [0, 0.05) is 16.6 Å². The van der Waals surface area contributed by atoms with Crippen molar-refractivity contribution in [1.82, 2.24) is 4.98 Å². The largest absolute Gasteiger partial charge is 0.481 e. The molecule has 0 spiro atoms. The average molecular weight is 215 g/mol. The van der Waals surface area contributed by atoms with Crippen molar-refractivity contribution >= 4 is 16.9 Å². The highest BCUT2D eigenvalue weighted by Crippen LogP contribution is 2.35. The molecule has 2 N–H and O–H groups in total. The van der Waals surface area contributed by atoms with Crippen LogP contribution in [0.4, 0.5) is 0 Å². The standard InChI is InChI=1S/C13H13NO2/c15-13(16)10-6-3-5-9-8-4-1-2-7-11(8)14-12(9)10/h1-2,4,7,10,14H,3,5-6H2,(H,15,16)/t10-/m0/s1. The van der Waals surface area contributed by atoms with Gasteiger partial charge >= 0.3 is 5.97 Å². The van der Waals surface area contributed by atoms with E-state index in [2.05, 4.69) is 11.1 Å². The van der Waals surface area contributed by atoms with Crippen molar-refractivity contribution in [3.63, 3.8) is 0 Å². The van der Waals surface area contributed by atoms with E-state index in [0.717, 1.165) is 30.5 Å². The summed E-state index contributed by atoms with van der Waals surface area (Å²) < 4.78 is 0. The Morgan fingerprint density at radius 3 is 3.00 bits per heavy atom.